The van der Waals surface area contributed by atoms with E-state index in [1.165, 1.54) is 11.1 Å². The van der Waals surface area contributed by atoms with Gasteiger partial charge in [-0.3, -0.25) is 4.79 Å². The summed E-state index contributed by atoms with van der Waals surface area (Å²) < 4.78 is 0. The van der Waals surface area contributed by atoms with Crippen LogP contribution in [0.25, 0.3) is 0 Å². The minimum absolute atomic E-state index is 0. The molecule has 1 aliphatic rings. The molecule has 1 aliphatic heterocycles. The Balaban J connectivity index is 0.00000192. The van der Waals surface area contributed by atoms with Gasteiger partial charge in [0.05, 0.1) is 12.1 Å². The first-order valence-corrected chi connectivity index (χ1v) is 7.55. The molecule has 23 heavy (non-hydrogen) atoms. The van der Waals surface area contributed by atoms with Gasteiger partial charge in [0.1, 0.15) is 0 Å². The Morgan fingerprint density at radius 1 is 1.13 bits per heavy atom. The van der Waals surface area contributed by atoms with E-state index in [0.29, 0.717) is 13.0 Å². The minimum Gasteiger partial charge on any atom is -0.387 e. The zero-order valence-corrected chi connectivity index (χ0v) is 13.6. The fraction of sp³-hybridized carbons (Fsp3) is 0.278. The lowest BCUT2D eigenvalue weighted by molar-refractivity contribution is -0.123. The molecule has 0 saturated carbocycles. The maximum absolute atomic E-state index is 12.3. The highest BCUT2D eigenvalue weighted by molar-refractivity contribution is 5.85. The van der Waals surface area contributed by atoms with E-state index < -0.39 is 6.10 Å². The van der Waals surface area contributed by atoms with Crippen molar-refractivity contribution in [3.05, 3.63) is 71.3 Å². The minimum atomic E-state index is -0.680. The monoisotopic (exact) mass is 332 g/mol. The molecule has 1 amide bonds. The molecule has 0 fully saturated rings. The Morgan fingerprint density at radius 2 is 1.78 bits per heavy atom. The Bertz CT molecular complexity index is 648. The van der Waals surface area contributed by atoms with Gasteiger partial charge in [0.25, 0.3) is 0 Å². The molecular formula is C18H21ClN2O2. The Labute approximate surface area is 142 Å². The molecule has 2 aromatic rings. The van der Waals surface area contributed by atoms with Crippen LogP contribution in [0.2, 0.25) is 0 Å². The molecule has 2 atom stereocenters. The van der Waals surface area contributed by atoms with Crippen molar-refractivity contribution in [2.75, 3.05) is 6.54 Å². The zero-order chi connectivity index (χ0) is 15.4. The number of benzene rings is 2. The number of halogens is 1. The van der Waals surface area contributed by atoms with E-state index in [-0.39, 0.29) is 30.9 Å². The summed E-state index contributed by atoms with van der Waals surface area (Å²) in [7, 11) is 0. The Kier molecular flexibility index (Phi) is 6.16. The van der Waals surface area contributed by atoms with Crippen LogP contribution in [0, 0.1) is 0 Å². The van der Waals surface area contributed by atoms with E-state index in [2.05, 4.69) is 22.8 Å². The molecule has 0 spiro atoms. The van der Waals surface area contributed by atoms with Crippen LogP contribution in [0.5, 0.6) is 0 Å². The van der Waals surface area contributed by atoms with Crippen molar-refractivity contribution >= 4 is 18.3 Å². The van der Waals surface area contributed by atoms with Crippen LogP contribution >= 0.6 is 12.4 Å². The van der Waals surface area contributed by atoms with Crippen molar-refractivity contribution < 1.29 is 9.90 Å². The second-order valence-corrected chi connectivity index (χ2v) is 5.58. The van der Waals surface area contributed by atoms with E-state index in [1.807, 2.05) is 42.5 Å². The zero-order valence-electron chi connectivity index (χ0n) is 12.7. The van der Waals surface area contributed by atoms with Crippen LogP contribution in [-0.4, -0.2) is 23.6 Å². The number of nitrogens with one attached hydrogen (secondary N) is 2. The molecule has 122 valence electrons. The maximum Gasteiger partial charge on any atom is 0.237 e. The number of carbonyl (C=O) groups is 1. The van der Waals surface area contributed by atoms with Crippen molar-refractivity contribution in [1.29, 1.82) is 0 Å². The van der Waals surface area contributed by atoms with Crippen LogP contribution in [0.1, 0.15) is 22.8 Å². The van der Waals surface area contributed by atoms with Gasteiger partial charge in [0, 0.05) is 13.1 Å². The molecule has 3 N–H and O–H groups in total. The average Bonchev–Trinajstić information content (AvgIpc) is 2.59. The maximum atomic E-state index is 12.3. The predicted molar refractivity (Wildman–Crippen MR) is 92.4 cm³/mol. The third-order valence-electron chi connectivity index (χ3n) is 4.05. The SMILES string of the molecule is Cl.O=C(NCC(O)c1ccccc1)[C@@H]1Cc2ccccc2CN1. The van der Waals surface area contributed by atoms with E-state index in [9.17, 15) is 9.90 Å². The summed E-state index contributed by atoms with van der Waals surface area (Å²) >= 11 is 0. The summed E-state index contributed by atoms with van der Waals surface area (Å²) in [6, 6.07) is 17.3. The van der Waals surface area contributed by atoms with Crippen LogP contribution in [-0.2, 0) is 17.8 Å². The molecule has 0 aliphatic carbocycles. The number of rotatable bonds is 4. The number of carbonyl (C=O) groups excluding carboxylic acids is 1. The summed E-state index contributed by atoms with van der Waals surface area (Å²) in [6.45, 7) is 0.929. The van der Waals surface area contributed by atoms with E-state index in [1.54, 1.807) is 0 Å². The second-order valence-electron chi connectivity index (χ2n) is 5.58. The van der Waals surface area contributed by atoms with Crippen LogP contribution in [0.4, 0.5) is 0 Å². The van der Waals surface area contributed by atoms with Gasteiger partial charge in [0.2, 0.25) is 5.91 Å². The predicted octanol–water partition coefficient (Wildman–Crippen LogP) is 1.97. The van der Waals surface area contributed by atoms with Crippen molar-refractivity contribution in [1.82, 2.24) is 10.6 Å². The Hall–Kier alpha value is -1.88. The number of fused-ring (bicyclic) bond motifs is 1. The van der Waals surface area contributed by atoms with Crippen LogP contribution in [0.3, 0.4) is 0 Å². The topological polar surface area (TPSA) is 61.4 Å². The standard InChI is InChI=1S/C18H20N2O2.ClH/c21-17(13-6-2-1-3-7-13)12-20-18(22)16-10-14-8-4-5-9-15(14)11-19-16;/h1-9,16-17,19,21H,10-12H2,(H,20,22);1H/t16-,17?;/m0./s1. The lowest BCUT2D eigenvalue weighted by Gasteiger charge is -2.25. The fourth-order valence-electron chi connectivity index (χ4n) is 2.75. The second kappa shape index (κ2) is 8.11. The third kappa shape index (κ3) is 4.32. The van der Waals surface area contributed by atoms with E-state index >= 15 is 0 Å². The van der Waals surface area contributed by atoms with Gasteiger partial charge in [-0.05, 0) is 23.1 Å². The summed E-state index contributed by atoms with van der Waals surface area (Å²) in [4.78, 5) is 12.3. The van der Waals surface area contributed by atoms with Gasteiger partial charge in [-0.1, -0.05) is 54.6 Å². The third-order valence-corrected chi connectivity index (χ3v) is 4.05. The molecule has 5 heteroatoms. The van der Waals surface area contributed by atoms with Crippen molar-refractivity contribution in [3.8, 4) is 0 Å². The largest absolute Gasteiger partial charge is 0.387 e. The number of hydrogen-bond acceptors (Lipinski definition) is 3. The number of hydrogen-bond donors (Lipinski definition) is 3. The lowest BCUT2D eigenvalue weighted by Crippen LogP contribution is -2.48. The summed E-state index contributed by atoms with van der Waals surface area (Å²) in [6.07, 6.45) is 0.00436. The van der Waals surface area contributed by atoms with Crippen molar-refractivity contribution in [2.24, 2.45) is 0 Å². The highest BCUT2D eigenvalue weighted by Crippen LogP contribution is 2.16. The molecule has 0 aromatic heterocycles. The first kappa shape index (κ1) is 17.5. The quantitative estimate of drug-likeness (QED) is 0.802. The van der Waals surface area contributed by atoms with E-state index in [4.69, 9.17) is 0 Å². The number of aliphatic hydroxyl groups excluding tert-OH is 1. The normalized spacial score (nSPS) is 17.5. The van der Waals surface area contributed by atoms with Crippen molar-refractivity contribution in [2.45, 2.75) is 25.1 Å². The molecule has 0 radical (unpaired) electrons. The van der Waals surface area contributed by atoms with Crippen LogP contribution in [0.15, 0.2) is 54.6 Å². The average molecular weight is 333 g/mol. The lowest BCUT2D eigenvalue weighted by atomic mass is 9.95. The van der Waals surface area contributed by atoms with Gasteiger partial charge in [-0.25, -0.2) is 0 Å². The fourth-order valence-corrected chi connectivity index (χ4v) is 2.75. The summed E-state index contributed by atoms with van der Waals surface area (Å²) in [5.41, 5.74) is 3.27. The van der Waals surface area contributed by atoms with Crippen LogP contribution < -0.4 is 10.6 Å². The molecule has 0 bridgehead atoms. The molecule has 3 rings (SSSR count). The molecular weight excluding hydrogens is 312 g/mol. The number of aliphatic hydroxyl groups is 1. The van der Waals surface area contributed by atoms with Gasteiger partial charge in [-0.15, -0.1) is 12.4 Å². The van der Waals surface area contributed by atoms with Gasteiger partial charge in [-0.2, -0.15) is 0 Å². The molecule has 4 nitrogen and oxygen atoms in total. The van der Waals surface area contributed by atoms with Gasteiger partial charge < -0.3 is 15.7 Å². The summed E-state index contributed by atoms with van der Waals surface area (Å²) in [5.74, 6) is -0.0653. The molecule has 1 unspecified atom stereocenters. The first-order valence-electron chi connectivity index (χ1n) is 7.55. The van der Waals surface area contributed by atoms with Crippen molar-refractivity contribution in [3.63, 3.8) is 0 Å². The Morgan fingerprint density at radius 3 is 2.52 bits per heavy atom. The van der Waals surface area contributed by atoms with E-state index in [0.717, 1.165) is 5.56 Å². The van der Waals surface area contributed by atoms with Gasteiger partial charge >= 0.3 is 0 Å². The number of amides is 1. The highest BCUT2D eigenvalue weighted by Gasteiger charge is 2.24. The molecule has 1 heterocycles. The smallest absolute Gasteiger partial charge is 0.237 e. The highest BCUT2D eigenvalue weighted by atomic mass is 35.5. The molecule has 0 saturated heterocycles. The van der Waals surface area contributed by atoms with Gasteiger partial charge in [0.15, 0.2) is 0 Å². The molecule has 2 aromatic carbocycles. The first-order chi connectivity index (χ1) is 10.7. The summed E-state index contributed by atoms with van der Waals surface area (Å²) in [5, 5.41) is 16.2.